The van der Waals surface area contributed by atoms with Crippen LogP contribution in [0.3, 0.4) is 0 Å². The summed E-state index contributed by atoms with van der Waals surface area (Å²) in [6.45, 7) is 8.17. The van der Waals surface area contributed by atoms with E-state index < -0.39 is 5.60 Å². The van der Waals surface area contributed by atoms with Crippen molar-refractivity contribution < 1.29 is 9.53 Å². The van der Waals surface area contributed by atoms with Gasteiger partial charge in [0.2, 0.25) is 0 Å². The van der Waals surface area contributed by atoms with E-state index in [1.807, 2.05) is 27.7 Å². The number of aromatic nitrogens is 1. The number of nitrogens with two attached hydrogens (primary N) is 1. The molecule has 0 saturated carbocycles. The minimum atomic E-state index is -0.477. The van der Waals surface area contributed by atoms with E-state index >= 15 is 0 Å². The van der Waals surface area contributed by atoms with Crippen LogP contribution >= 0.6 is 0 Å². The van der Waals surface area contributed by atoms with Gasteiger partial charge in [0.1, 0.15) is 11.3 Å². The molecule has 0 saturated heterocycles. The highest BCUT2D eigenvalue weighted by atomic mass is 16.6. The molecule has 0 aliphatic heterocycles. The van der Waals surface area contributed by atoms with Gasteiger partial charge in [0.25, 0.3) is 0 Å². The topological polar surface area (TPSA) is 57.2 Å². The Hall–Kier alpha value is -1.45. The van der Waals surface area contributed by atoms with Crippen molar-refractivity contribution >= 4 is 11.7 Å². The van der Waals surface area contributed by atoms with E-state index in [4.69, 9.17) is 10.5 Å². The van der Waals surface area contributed by atoms with Crippen LogP contribution < -0.4 is 5.73 Å². The van der Waals surface area contributed by atoms with Gasteiger partial charge >= 0.3 is 5.97 Å². The van der Waals surface area contributed by atoms with Crippen LogP contribution in [0.15, 0.2) is 12.3 Å². The van der Waals surface area contributed by atoms with Crippen LogP contribution in [0.4, 0.5) is 5.69 Å². The van der Waals surface area contributed by atoms with Crippen LogP contribution in [0.2, 0.25) is 0 Å². The maximum Gasteiger partial charge on any atom is 0.355 e. The third-order valence-electron chi connectivity index (χ3n) is 1.87. The second-order valence-electron chi connectivity index (χ2n) is 4.45. The van der Waals surface area contributed by atoms with Gasteiger partial charge in [0.05, 0.1) is 5.69 Å². The normalized spacial score (nSPS) is 11.5. The fraction of sp³-hybridized carbons (Fsp3) is 0.545. The summed E-state index contributed by atoms with van der Waals surface area (Å²) >= 11 is 0. The van der Waals surface area contributed by atoms with E-state index in [0.29, 0.717) is 17.9 Å². The summed E-state index contributed by atoms with van der Waals surface area (Å²) in [5.41, 5.74) is 6.24. The average molecular weight is 210 g/mol. The van der Waals surface area contributed by atoms with Gasteiger partial charge in [0.15, 0.2) is 0 Å². The second kappa shape index (κ2) is 3.96. The van der Waals surface area contributed by atoms with Gasteiger partial charge in [-0.15, -0.1) is 0 Å². The molecule has 0 unspecified atom stereocenters. The van der Waals surface area contributed by atoms with E-state index in [1.54, 1.807) is 16.8 Å². The van der Waals surface area contributed by atoms with Crippen LogP contribution in [0.1, 0.15) is 38.2 Å². The molecule has 4 nitrogen and oxygen atoms in total. The number of rotatable bonds is 2. The van der Waals surface area contributed by atoms with Crippen LogP contribution in [-0.4, -0.2) is 16.1 Å². The first-order chi connectivity index (χ1) is 6.83. The molecule has 1 aromatic heterocycles. The predicted molar refractivity (Wildman–Crippen MR) is 59.7 cm³/mol. The minimum absolute atomic E-state index is 0.332. The second-order valence-corrected chi connectivity index (χ2v) is 4.45. The third-order valence-corrected chi connectivity index (χ3v) is 1.87. The first-order valence-corrected chi connectivity index (χ1v) is 5.02. The van der Waals surface area contributed by atoms with Crippen LogP contribution in [0.25, 0.3) is 0 Å². The fourth-order valence-corrected chi connectivity index (χ4v) is 1.30. The Morgan fingerprint density at radius 2 is 2.13 bits per heavy atom. The van der Waals surface area contributed by atoms with Crippen LogP contribution in [0.5, 0.6) is 0 Å². The maximum atomic E-state index is 11.8. The summed E-state index contributed by atoms with van der Waals surface area (Å²) in [7, 11) is 0. The zero-order valence-electron chi connectivity index (χ0n) is 9.70. The Balaban J connectivity index is 2.91. The summed E-state index contributed by atoms with van der Waals surface area (Å²) in [6.07, 6.45) is 1.74. The molecule has 0 atom stereocenters. The molecule has 4 heteroatoms. The van der Waals surface area contributed by atoms with Gasteiger partial charge in [-0.25, -0.2) is 4.79 Å². The predicted octanol–water partition coefficient (Wildman–Crippen LogP) is 2.05. The average Bonchev–Trinajstić information content (AvgIpc) is 2.43. The standard InChI is InChI=1S/C11H18N2O2/c1-5-13-7-8(12)6-9(13)10(14)15-11(2,3)4/h6-7H,5,12H2,1-4H3. The molecule has 0 aromatic carbocycles. The number of aryl methyl sites for hydroxylation is 1. The number of ether oxygens (including phenoxy) is 1. The number of nitrogens with zero attached hydrogens (tertiary/aromatic N) is 1. The maximum absolute atomic E-state index is 11.8. The van der Waals surface area contributed by atoms with Crippen molar-refractivity contribution in [2.24, 2.45) is 0 Å². The summed E-state index contributed by atoms with van der Waals surface area (Å²) in [5, 5.41) is 0. The molecule has 0 bridgehead atoms. The number of hydrogen-bond donors (Lipinski definition) is 1. The molecule has 1 aromatic rings. The Bertz CT molecular complexity index is 361. The largest absolute Gasteiger partial charge is 0.455 e. The molecule has 0 fully saturated rings. The van der Waals surface area contributed by atoms with Gasteiger partial charge in [-0.2, -0.15) is 0 Å². The molecule has 15 heavy (non-hydrogen) atoms. The SMILES string of the molecule is CCn1cc(N)cc1C(=O)OC(C)(C)C. The van der Waals surface area contributed by atoms with Crippen molar-refractivity contribution in [3.8, 4) is 0 Å². The van der Waals surface area contributed by atoms with Crippen molar-refractivity contribution in [2.75, 3.05) is 5.73 Å². The lowest BCUT2D eigenvalue weighted by Crippen LogP contribution is -2.25. The zero-order valence-corrected chi connectivity index (χ0v) is 9.70. The fourth-order valence-electron chi connectivity index (χ4n) is 1.30. The molecule has 84 valence electrons. The summed E-state index contributed by atoms with van der Waals surface area (Å²) in [6, 6.07) is 1.64. The van der Waals surface area contributed by atoms with Crippen molar-refractivity contribution in [2.45, 2.75) is 39.8 Å². The highest BCUT2D eigenvalue weighted by molar-refractivity contribution is 5.89. The number of carbonyl (C=O) groups is 1. The van der Waals surface area contributed by atoms with E-state index in [0.717, 1.165) is 0 Å². The lowest BCUT2D eigenvalue weighted by molar-refractivity contribution is 0.00579. The molecule has 1 rings (SSSR count). The summed E-state index contributed by atoms with van der Waals surface area (Å²) in [5.74, 6) is -0.332. The monoisotopic (exact) mass is 210 g/mol. The smallest absolute Gasteiger partial charge is 0.355 e. The van der Waals surface area contributed by atoms with Gasteiger partial charge in [-0.3, -0.25) is 0 Å². The van der Waals surface area contributed by atoms with E-state index in [-0.39, 0.29) is 5.97 Å². The molecular formula is C11H18N2O2. The highest BCUT2D eigenvalue weighted by Gasteiger charge is 2.20. The van der Waals surface area contributed by atoms with Gasteiger partial charge < -0.3 is 15.0 Å². The minimum Gasteiger partial charge on any atom is -0.455 e. The third kappa shape index (κ3) is 3.01. The lowest BCUT2D eigenvalue weighted by Gasteiger charge is -2.19. The quantitative estimate of drug-likeness (QED) is 0.760. The van der Waals surface area contributed by atoms with Gasteiger partial charge in [0, 0.05) is 12.7 Å². The highest BCUT2D eigenvalue weighted by Crippen LogP contribution is 2.16. The number of nitrogen functional groups attached to an aromatic ring is 1. The molecule has 0 amide bonds. The Kier molecular flexibility index (Phi) is 3.07. The van der Waals surface area contributed by atoms with Gasteiger partial charge in [-0.05, 0) is 33.8 Å². The molecule has 0 aliphatic rings. The van der Waals surface area contributed by atoms with Crippen LogP contribution in [-0.2, 0) is 11.3 Å². The number of anilines is 1. The first-order valence-electron chi connectivity index (χ1n) is 5.02. The molecule has 2 N–H and O–H groups in total. The number of hydrogen-bond acceptors (Lipinski definition) is 3. The molecular weight excluding hydrogens is 192 g/mol. The van der Waals surface area contributed by atoms with Crippen LogP contribution in [0, 0.1) is 0 Å². The van der Waals surface area contributed by atoms with E-state index in [2.05, 4.69) is 0 Å². The van der Waals surface area contributed by atoms with Crippen molar-refractivity contribution in [3.05, 3.63) is 18.0 Å². The van der Waals surface area contributed by atoms with Crippen molar-refractivity contribution in [3.63, 3.8) is 0 Å². The Morgan fingerprint density at radius 3 is 2.60 bits per heavy atom. The first kappa shape index (κ1) is 11.6. The van der Waals surface area contributed by atoms with E-state index in [9.17, 15) is 4.79 Å². The Labute approximate surface area is 90.0 Å². The van der Waals surface area contributed by atoms with Crippen molar-refractivity contribution in [1.29, 1.82) is 0 Å². The molecule has 1 heterocycles. The molecule has 0 aliphatic carbocycles. The number of carbonyl (C=O) groups excluding carboxylic acids is 1. The summed E-state index contributed by atoms with van der Waals surface area (Å²) in [4.78, 5) is 11.8. The lowest BCUT2D eigenvalue weighted by atomic mass is 10.2. The van der Waals surface area contributed by atoms with E-state index in [1.165, 1.54) is 0 Å². The Morgan fingerprint density at radius 1 is 1.53 bits per heavy atom. The molecule has 0 spiro atoms. The van der Waals surface area contributed by atoms with Crippen molar-refractivity contribution in [1.82, 2.24) is 4.57 Å². The van der Waals surface area contributed by atoms with Gasteiger partial charge in [-0.1, -0.05) is 0 Å². The zero-order chi connectivity index (χ0) is 11.6. The molecule has 0 radical (unpaired) electrons. The summed E-state index contributed by atoms with van der Waals surface area (Å²) < 4.78 is 7.05. The number of esters is 1.